The quantitative estimate of drug-likeness (QED) is 0.946. The van der Waals surface area contributed by atoms with E-state index in [-0.39, 0.29) is 5.91 Å². The highest BCUT2D eigenvalue weighted by Crippen LogP contribution is 2.26. The van der Waals surface area contributed by atoms with Gasteiger partial charge in [-0.25, -0.2) is 4.98 Å². The summed E-state index contributed by atoms with van der Waals surface area (Å²) in [5, 5.41) is 5.82. The number of carbonyl (C=O) groups excluding carboxylic acids is 1. The topological polar surface area (TPSA) is 58.4 Å². The molecular weight excluding hydrogens is 286 g/mol. The number of nitrogens with one attached hydrogen (secondary N) is 1. The first-order valence-electron chi connectivity index (χ1n) is 7.16. The van der Waals surface area contributed by atoms with Crippen molar-refractivity contribution in [3.8, 4) is 10.8 Å². The van der Waals surface area contributed by atoms with Crippen molar-refractivity contribution >= 4 is 17.2 Å². The molecule has 6 heteroatoms. The lowest BCUT2D eigenvalue weighted by molar-refractivity contribution is 0.0693. The summed E-state index contributed by atoms with van der Waals surface area (Å²) in [5.41, 5.74) is 0.515. The number of hydrogen-bond donors (Lipinski definition) is 1. The number of amides is 1. The fourth-order valence-corrected chi connectivity index (χ4v) is 3.35. The Bertz CT molecular complexity index is 634. The van der Waals surface area contributed by atoms with Crippen LogP contribution in [0.4, 0.5) is 0 Å². The monoisotopic (exact) mass is 305 g/mol. The third-order valence-corrected chi connectivity index (χ3v) is 4.65. The number of likely N-dealkylation sites (tertiary alicyclic amines) is 1. The highest BCUT2D eigenvalue weighted by atomic mass is 32.1. The van der Waals surface area contributed by atoms with Crippen molar-refractivity contribution in [2.45, 2.75) is 25.8 Å². The van der Waals surface area contributed by atoms with Crippen LogP contribution in [0.1, 0.15) is 29.1 Å². The molecule has 1 aliphatic heterocycles. The van der Waals surface area contributed by atoms with Crippen LogP contribution in [-0.4, -0.2) is 42.0 Å². The van der Waals surface area contributed by atoms with Crippen molar-refractivity contribution in [3.63, 3.8) is 0 Å². The number of aryl methyl sites for hydroxylation is 1. The molecule has 0 saturated carbocycles. The molecule has 1 N–H and O–H groups in total. The molecule has 0 aliphatic carbocycles. The van der Waals surface area contributed by atoms with Crippen molar-refractivity contribution in [2.24, 2.45) is 0 Å². The molecular formula is C15H19N3O2S. The van der Waals surface area contributed by atoms with Crippen molar-refractivity contribution in [1.82, 2.24) is 15.2 Å². The number of carbonyl (C=O) groups is 1. The lowest BCUT2D eigenvalue weighted by Gasteiger charge is -2.32. The molecule has 2 aromatic rings. The zero-order valence-corrected chi connectivity index (χ0v) is 13.1. The van der Waals surface area contributed by atoms with Crippen LogP contribution in [-0.2, 0) is 0 Å². The Morgan fingerprint density at radius 1 is 1.52 bits per heavy atom. The van der Waals surface area contributed by atoms with Crippen molar-refractivity contribution in [2.75, 3.05) is 20.1 Å². The highest BCUT2D eigenvalue weighted by Gasteiger charge is 2.25. The molecule has 0 aromatic carbocycles. The smallest absolute Gasteiger partial charge is 0.273 e. The second kappa shape index (κ2) is 5.99. The number of thiazole rings is 1. The zero-order chi connectivity index (χ0) is 14.8. The predicted octanol–water partition coefficient (Wildman–Crippen LogP) is 2.54. The van der Waals surface area contributed by atoms with Crippen LogP contribution in [0.3, 0.4) is 0 Å². The van der Waals surface area contributed by atoms with Gasteiger partial charge in [0.15, 0.2) is 10.8 Å². The Labute approximate surface area is 128 Å². The molecule has 3 rings (SSSR count). The van der Waals surface area contributed by atoms with Gasteiger partial charge in [0.05, 0.1) is 0 Å². The fourth-order valence-electron chi connectivity index (χ4n) is 2.59. The minimum absolute atomic E-state index is 0.0146. The van der Waals surface area contributed by atoms with Crippen molar-refractivity contribution in [1.29, 1.82) is 0 Å². The summed E-state index contributed by atoms with van der Waals surface area (Å²) in [5.74, 6) is 1.59. The average Bonchev–Trinajstić information content (AvgIpc) is 3.15. The summed E-state index contributed by atoms with van der Waals surface area (Å²) in [6.07, 6.45) is 2.15. The summed E-state index contributed by atoms with van der Waals surface area (Å²) in [6.45, 7) is 3.46. The lowest BCUT2D eigenvalue weighted by Crippen LogP contribution is -2.47. The maximum absolute atomic E-state index is 12.5. The first-order valence-corrected chi connectivity index (χ1v) is 8.04. The van der Waals surface area contributed by atoms with Crippen molar-refractivity contribution < 1.29 is 9.21 Å². The standard InChI is InChI=1S/C15H19N3O2S/c1-10-5-6-13(20-10)14-17-12(9-21-14)15(19)18-7-3-4-11(8-18)16-2/h5-6,9,11,16H,3-4,7-8H2,1-2H3. The largest absolute Gasteiger partial charge is 0.459 e. The maximum Gasteiger partial charge on any atom is 0.273 e. The van der Waals surface area contributed by atoms with E-state index in [4.69, 9.17) is 4.42 Å². The number of furan rings is 1. The van der Waals surface area contributed by atoms with E-state index < -0.39 is 0 Å². The van der Waals surface area contributed by atoms with Gasteiger partial charge in [0.1, 0.15) is 11.5 Å². The van der Waals surface area contributed by atoms with Gasteiger partial charge >= 0.3 is 0 Å². The van der Waals surface area contributed by atoms with Crippen LogP contribution in [0.5, 0.6) is 0 Å². The number of nitrogens with zero attached hydrogens (tertiary/aromatic N) is 2. The van der Waals surface area contributed by atoms with Gasteiger partial charge in [-0.2, -0.15) is 0 Å². The van der Waals surface area contributed by atoms with Gasteiger partial charge in [-0.15, -0.1) is 11.3 Å². The molecule has 1 saturated heterocycles. The van der Waals surface area contributed by atoms with Crippen LogP contribution in [0, 0.1) is 6.92 Å². The van der Waals surface area contributed by atoms with Crippen LogP contribution < -0.4 is 5.32 Å². The molecule has 0 radical (unpaired) electrons. The van der Waals surface area contributed by atoms with E-state index in [9.17, 15) is 4.79 Å². The molecule has 5 nitrogen and oxygen atoms in total. The normalized spacial score (nSPS) is 19.0. The third kappa shape index (κ3) is 3.01. The minimum atomic E-state index is 0.0146. The number of piperidine rings is 1. The maximum atomic E-state index is 12.5. The zero-order valence-electron chi connectivity index (χ0n) is 12.3. The van der Waals surface area contributed by atoms with E-state index >= 15 is 0 Å². The molecule has 112 valence electrons. The lowest BCUT2D eigenvalue weighted by atomic mass is 10.1. The van der Waals surface area contributed by atoms with Crippen molar-refractivity contribution in [3.05, 3.63) is 29.0 Å². The molecule has 1 aliphatic rings. The molecule has 0 spiro atoms. The summed E-state index contributed by atoms with van der Waals surface area (Å²) < 4.78 is 5.56. The summed E-state index contributed by atoms with van der Waals surface area (Å²) in [6, 6.07) is 4.18. The fraction of sp³-hybridized carbons (Fsp3) is 0.467. The second-order valence-electron chi connectivity index (χ2n) is 5.33. The van der Waals surface area contributed by atoms with Gasteiger partial charge in [0.2, 0.25) is 0 Å². The van der Waals surface area contributed by atoms with Gasteiger partial charge in [-0.1, -0.05) is 0 Å². The van der Waals surface area contributed by atoms with E-state index in [1.165, 1.54) is 11.3 Å². The van der Waals surface area contributed by atoms with Crippen LogP contribution in [0.25, 0.3) is 10.8 Å². The number of likely N-dealkylation sites (N-methyl/N-ethyl adjacent to an activating group) is 1. The van der Waals surface area contributed by atoms with Gasteiger partial charge in [0.25, 0.3) is 5.91 Å². The van der Waals surface area contributed by atoms with E-state index in [1.54, 1.807) is 0 Å². The first-order chi connectivity index (χ1) is 10.2. The second-order valence-corrected chi connectivity index (χ2v) is 6.19. The number of aromatic nitrogens is 1. The molecule has 1 fully saturated rings. The Hall–Kier alpha value is -1.66. The van der Waals surface area contributed by atoms with Gasteiger partial charge in [0, 0.05) is 24.5 Å². The molecule has 0 bridgehead atoms. The van der Waals surface area contributed by atoms with Crippen LogP contribution in [0.2, 0.25) is 0 Å². The SMILES string of the molecule is CNC1CCCN(C(=O)c2csc(-c3ccc(C)o3)n2)C1. The van der Waals surface area contributed by atoms with E-state index in [0.29, 0.717) is 11.7 Å². The first kappa shape index (κ1) is 14.3. The predicted molar refractivity (Wildman–Crippen MR) is 82.5 cm³/mol. The molecule has 1 atom stereocenters. The van der Waals surface area contributed by atoms with Gasteiger partial charge in [-0.3, -0.25) is 4.79 Å². The Kier molecular flexibility index (Phi) is 4.07. The highest BCUT2D eigenvalue weighted by molar-refractivity contribution is 7.13. The molecule has 1 amide bonds. The minimum Gasteiger partial charge on any atom is -0.459 e. The molecule has 3 heterocycles. The van der Waals surface area contributed by atoms with E-state index in [1.807, 2.05) is 36.4 Å². The summed E-state index contributed by atoms with van der Waals surface area (Å²) in [7, 11) is 1.94. The van der Waals surface area contributed by atoms with E-state index in [2.05, 4.69) is 10.3 Å². The molecule has 21 heavy (non-hydrogen) atoms. The average molecular weight is 305 g/mol. The Morgan fingerprint density at radius 3 is 3.10 bits per heavy atom. The van der Waals surface area contributed by atoms with Crippen LogP contribution >= 0.6 is 11.3 Å². The number of hydrogen-bond acceptors (Lipinski definition) is 5. The number of rotatable bonds is 3. The summed E-state index contributed by atoms with van der Waals surface area (Å²) >= 11 is 1.45. The van der Waals surface area contributed by atoms with E-state index in [0.717, 1.165) is 42.5 Å². The Morgan fingerprint density at radius 2 is 2.38 bits per heavy atom. The van der Waals surface area contributed by atoms with Crippen LogP contribution in [0.15, 0.2) is 21.9 Å². The summed E-state index contributed by atoms with van der Waals surface area (Å²) in [4.78, 5) is 18.8. The van der Waals surface area contributed by atoms with Gasteiger partial charge < -0.3 is 14.6 Å². The molecule has 1 unspecified atom stereocenters. The Balaban J connectivity index is 1.75. The van der Waals surface area contributed by atoms with Gasteiger partial charge in [-0.05, 0) is 38.9 Å². The molecule has 2 aromatic heterocycles. The third-order valence-electron chi connectivity index (χ3n) is 3.79.